The van der Waals surface area contributed by atoms with Gasteiger partial charge in [-0.2, -0.15) is 0 Å². The number of hydrogen-bond donors (Lipinski definition) is 0. The van der Waals surface area contributed by atoms with Crippen LogP contribution in [0.3, 0.4) is 0 Å². The van der Waals surface area contributed by atoms with Crippen LogP contribution in [0.25, 0.3) is 0 Å². The number of carbonyl (C=O) groups is 2. The summed E-state index contributed by atoms with van der Waals surface area (Å²) in [6.07, 6.45) is 3.69. The van der Waals surface area contributed by atoms with Gasteiger partial charge in [-0.3, -0.25) is 14.5 Å². The minimum atomic E-state index is -0.183. The molecule has 3 heteroatoms. The summed E-state index contributed by atoms with van der Waals surface area (Å²) in [5, 5.41) is 0. The van der Waals surface area contributed by atoms with Crippen molar-refractivity contribution in [1.29, 1.82) is 0 Å². The summed E-state index contributed by atoms with van der Waals surface area (Å²) < 4.78 is 0. The molecule has 2 amide bonds. The molecular weight excluding hydrogens is 238 g/mol. The maximum absolute atomic E-state index is 12.0. The topological polar surface area (TPSA) is 37.4 Å². The monoisotopic (exact) mass is 255 g/mol. The van der Waals surface area contributed by atoms with Gasteiger partial charge in [-0.25, -0.2) is 0 Å². The van der Waals surface area contributed by atoms with E-state index in [1.54, 1.807) is 0 Å². The lowest BCUT2D eigenvalue weighted by Gasteiger charge is -2.30. The van der Waals surface area contributed by atoms with E-state index in [-0.39, 0.29) is 17.9 Å². The van der Waals surface area contributed by atoms with Gasteiger partial charge in [0.2, 0.25) is 0 Å². The molecule has 0 N–H and O–H groups in total. The number of amides is 2. The van der Waals surface area contributed by atoms with Crippen molar-refractivity contribution in [3.63, 3.8) is 0 Å². The van der Waals surface area contributed by atoms with Gasteiger partial charge in [0, 0.05) is 12.2 Å². The Morgan fingerprint density at radius 3 is 2.37 bits per heavy atom. The Balaban J connectivity index is 2.06. The van der Waals surface area contributed by atoms with Crippen LogP contribution in [-0.4, -0.2) is 16.7 Å². The first-order valence-corrected chi connectivity index (χ1v) is 6.72. The lowest BCUT2D eigenvalue weighted by molar-refractivity contribution is -0.141. The normalized spacial score (nSPS) is 25.5. The van der Waals surface area contributed by atoms with E-state index >= 15 is 0 Å². The molecule has 0 spiro atoms. The van der Waals surface area contributed by atoms with Gasteiger partial charge in [-0.15, -0.1) is 0 Å². The maximum Gasteiger partial charge on any atom is 0.254 e. The van der Waals surface area contributed by atoms with Crippen molar-refractivity contribution in [2.24, 2.45) is 11.8 Å². The van der Waals surface area contributed by atoms with Gasteiger partial charge in [0.1, 0.15) is 0 Å². The fourth-order valence-electron chi connectivity index (χ4n) is 3.22. The van der Waals surface area contributed by atoms with Crippen molar-refractivity contribution < 1.29 is 9.59 Å². The van der Waals surface area contributed by atoms with E-state index < -0.39 is 0 Å². The van der Waals surface area contributed by atoms with Crippen molar-refractivity contribution in [2.75, 3.05) is 0 Å². The molecule has 3 nitrogen and oxygen atoms in total. The highest BCUT2D eigenvalue weighted by atomic mass is 16.2. The van der Waals surface area contributed by atoms with E-state index in [0.717, 1.165) is 12.0 Å². The smallest absolute Gasteiger partial charge is 0.254 e. The number of carbonyl (C=O) groups excluding carboxylic acids is 2. The zero-order valence-corrected chi connectivity index (χ0v) is 11.2. The highest BCUT2D eigenvalue weighted by Crippen LogP contribution is 2.44. The summed E-state index contributed by atoms with van der Waals surface area (Å²) in [5.74, 6) is 0.374. The first-order valence-electron chi connectivity index (χ1n) is 6.72. The molecule has 0 aromatic heterocycles. The van der Waals surface area contributed by atoms with Crippen molar-refractivity contribution >= 4 is 11.8 Å². The number of nitrogens with zero attached hydrogens (tertiary/aromatic N) is 1. The van der Waals surface area contributed by atoms with Crippen LogP contribution in [0.4, 0.5) is 0 Å². The fourth-order valence-corrected chi connectivity index (χ4v) is 3.22. The summed E-state index contributed by atoms with van der Waals surface area (Å²) in [7, 11) is 0. The van der Waals surface area contributed by atoms with Gasteiger partial charge in [0.05, 0.1) is 6.04 Å². The number of benzene rings is 1. The molecule has 2 atom stereocenters. The van der Waals surface area contributed by atoms with E-state index in [1.807, 2.05) is 18.2 Å². The number of rotatable bonds is 2. The van der Waals surface area contributed by atoms with Crippen LogP contribution in [0.2, 0.25) is 0 Å². The number of imide groups is 1. The van der Waals surface area contributed by atoms with Gasteiger partial charge in [-0.05, 0) is 29.4 Å². The van der Waals surface area contributed by atoms with Crippen LogP contribution in [0.5, 0.6) is 0 Å². The van der Waals surface area contributed by atoms with E-state index in [9.17, 15) is 9.59 Å². The van der Waals surface area contributed by atoms with Gasteiger partial charge in [0.25, 0.3) is 11.8 Å². The molecule has 0 unspecified atom stereocenters. The second-order valence-electron chi connectivity index (χ2n) is 5.64. The summed E-state index contributed by atoms with van der Waals surface area (Å²) >= 11 is 0. The van der Waals surface area contributed by atoms with E-state index in [2.05, 4.69) is 19.9 Å². The van der Waals surface area contributed by atoms with Gasteiger partial charge < -0.3 is 0 Å². The second kappa shape index (κ2) is 4.34. The van der Waals surface area contributed by atoms with E-state index in [1.165, 1.54) is 22.6 Å². The summed E-state index contributed by atoms with van der Waals surface area (Å²) in [6, 6.07) is 8.04. The van der Waals surface area contributed by atoms with Crippen LogP contribution in [0.15, 0.2) is 36.4 Å². The van der Waals surface area contributed by atoms with Crippen LogP contribution >= 0.6 is 0 Å². The SMILES string of the molecule is CC(C)[C@@H]1Cc2ccccc2[C@H]1N1C(=O)C=CC1=O. The molecule has 0 saturated carbocycles. The summed E-state index contributed by atoms with van der Waals surface area (Å²) in [5.41, 5.74) is 2.39. The van der Waals surface area contributed by atoms with Crippen molar-refractivity contribution in [2.45, 2.75) is 26.3 Å². The molecule has 0 fully saturated rings. The molecule has 98 valence electrons. The number of fused-ring (bicyclic) bond motifs is 1. The molecule has 1 aliphatic heterocycles. The van der Waals surface area contributed by atoms with E-state index in [0.29, 0.717) is 11.8 Å². The van der Waals surface area contributed by atoms with Crippen molar-refractivity contribution in [3.8, 4) is 0 Å². The highest BCUT2D eigenvalue weighted by Gasteiger charge is 2.43. The average molecular weight is 255 g/mol. The minimum absolute atomic E-state index is 0.105. The third-order valence-electron chi connectivity index (χ3n) is 4.21. The zero-order chi connectivity index (χ0) is 13.6. The predicted molar refractivity (Wildman–Crippen MR) is 72.2 cm³/mol. The largest absolute Gasteiger partial charge is 0.269 e. The molecule has 0 saturated heterocycles. The van der Waals surface area contributed by atoms with E-state index in [4.69, 9.17) is 0 Å². The summed E-state index contributed by atoms with van der Waals surface area (Å²) in [4.78, 5) is 25.4. The fraction of sp³-hybridized carbons (Fsp3) is 0.375. The Hall–Kier alpha value is -1.90. The third-order valence-corrected chi connectivity index (χ3v) is 4.21. The van der Waals surface area contributed by atoms with Crippen LogP contribution in [0, 0.1) is 11.8 Å². The van der Waals surface area contributed by atoms with Gasteiger partial charge >= 0.3 is 0 Å². The number of hydrogen-bond acceptors (Lipinski definition) is 2. The lowest BCUT2D eigenvalue weighted by atomic mass is 9.88. The zero-order valence-electron chi connectivity index (χ0n) is 11.2. The van der Waals surface area contributed by atoms with Gasteiger partial charge in [-0.1, -0.05) is 38.1 Å². The molecule has 1 aromatic carbocycles. The molecule has 0 bridgehead atoms. The van der Waals surface area contributed by atoms with Crippen LogP contribution < -0.4 is 0 Å². The molecule has 1 aromatic rings. The quantitative estimate of drug-likeness (QED) is 0.761. The van der Waals surface area contributed by atoms with Crippen molar-refractivity contribution in [3.05, 3.63) is 47.5 Å². The Bertz CT molecular complexity index is 556. The standard InChI is InChI=1S/C16H17NO2/c1-10(2)13-9-11-5-3-4-6-12(11)16(13)17-14(18)7-8-15(17)19/h3-8,10,13,16H,9H2,1-2H3/t13-,16+/m0/s1. The summed E-state index contributed by atoms with van der Waals surface area (Å²) in [6.45, 7) is 4.31. The lowest BCUT2D eigenvalue weighted by Crippen LogP contribution is -2.38. The predicted octanol–water partition coefficient (Wildman–Crippen LogP) is 2.48. The first-order chi connectivity index (χ1) is 9.09. The molecule has 2 aliphatic rings. The first kappa shape index (κ1) is 12.2. The Kier molecular flexibility index (Phi) is 2.77. The Morgan fingerprint density at radius 2 is 1.74 bits per heavy atom. The van der Waals surface area contributed by atoms with Crippen LogP contribution in [-0.2, 0) is 16.0 Å². The Morgan fingerprint density at radius 1 is 1.11 bits per heavy atom. The molecule has 1 aliphatic carbocycles. The van der Waals surface area contributed by atoms with Gasteiger partial charge in [0.15, 0.2) is 0 Å². The molecule has 19 heavy (non-hydrogen) atoms. The maximum atomic E-state index is 12.0. The van der Waals surface area contributed by atoms with Crippen molar-refractivity contribution in [1.82, 2.24) is 4.90 Å². The third kappa shape index (κ3) is 1.81. The second-order valence-corrected chi connectivity index (χ2v) is 5.64. The molecule has 3 rings (SSSR count). The Labute approximate surface area is 112 Å². The molecular formula is C16H17NO2. The van der Waals surface area contributed by atoms with Crippen LogP contribution in [0.1, 0.15) is 31.0 Å². The average Bonchev–Trinajstić information content (AvgIpc) is 2.90. The molecule has 1 heterocycles. The molecule has 0 radical (unpaired) electrons. The minimum Gasteiger partial charge on any atom is -0.269 e. The highest BCUT2D eigenvalue weighted by molar-refractivity contribution is 6.13.